The van der Waals surface area contributed by atoms with Gasteiger partial charge in [-0.1, -0.05) is 30.3 Å². The third-order valence-corrected chi connectivity index (χ3v) is 5.65. The zero-order chi connectivity index (χ0) is 17.8. The van der Waals surface area contributed by atoms with Crippen LogP contribution in [0.15, 0.2) is 66.0 Å². The van der Waals surface area contributed by atoms with E-state index in [1.807, 2.05) is 11.3 Å². The van der Waals surface area contributed by atoms with E-state index in [0.29, 0.717) is 0 Å². The molecule has 1 unspecified atom stereocenters. The van der Waals surface area contributed by atoms with Crippen LogP contribution in [0, 0.1) is 0 Å². The molecule has 0 amide bonds. The van der Waals surface area contributed by atoms with Gasteiger partial charge in [0.2, 0.25) is 0 Å². The maximum Gasteiger partial charge on any atom is 0.0433 e. The first-order chi connectivity index (χ1) is 12.1. The first-order valence-corrected chi connectivity index (χ1v) is 9.60. The molecule has 1 heterocycles. The SMILES string of the molecule is CCN(C)c1ccc(C(c2ccc(N(C)C)cc2)c2cccs2)cc1. The minimum atomic E-state index is 0.289. The molecule has 0 aliphatic heterocycles. The fourth-order valence-corrected chi connectivity index (χ4v) is 3.92. The Kier molecular flexibility index (Phi) is 5.44. The molecule has 0 fully saturated rings. The predicted octanol–water partition coefficient (Wildman–Crippen LogP) is 5.45. The van der Waals surface area contributed by atoms with Gasteiger partial charge in [-0.3, -0.25) is 0 Å². The Hall–Kier alpha value is -2.26. The number of rotatable bonds is 6. The van der Waals surface area contributed by atoms with E-state index in [1.54, 1.807) is 0 Å². The van der Waals surface area contributed by atoms with Gasteiger partial charge in [0.15, 0.2) is 0 Å². The number of hydrogen-bond acceptors (Lipinski definition) is 3. The molecule has 0 radical (unpaired) electrons. The number of anilines is 2. The maximum absolute atomic E-state index is 2.27. The second-order valence-corrected chi connectivity index (χ2v) is 7.52. The Labute approximate surface area is 155 Å². The van der Waals surface area contributed by atoms with Crippen molar-refractivity contribution in [2.75, 3.05) is 37.5 Å². The van der Waals surface area contributed by atoms with Gasteiger partial charge in [0.05, 0.1) is 0 Å². The molecule has 130 valence electrons. The van der Waals surface area contributed by atoms with Crippen molar-refractivity contribution in [3.63, 3.8) is 0 Å². The van der Waals surface area contributed by atoms with Gasteiger partial charge >= 0.3 is 0 Å². The quantitative estimate of drug-likeness (QED) is 0.583. The van der Waals surface area contributed by atoms with Crippen molar-refractivity contribution in [3.8, 4) is 0 Å². The van der Waals surface area contributed by atoms with E-state index in [2.05, 4.69) is 104 Å². The van der Waals surface area contributed by atoms with Gasteiger partial charge in [-0.15, -0.1) is 11.3 Å². The van der Waals surface area contributed by atoms with Gasteiger partial charge in [-0.05, 0) is 53.8 Å². The van der Waals surface area contributed by atoms with Crippen LogP contribution in [0.4, 0.5) is 11.4 Å². The van der Waals surface area contributed by atoms with Crippen molar-refractivity contribution in [2.45, 2.75) is 12.8 Å². The molecule has 3 heteroatoms. The predicted molar refractivity (Wildman–Crippen MR) is 111 cm³/mol. The summed E-state index contributed by atoms with van der Waals surface area (Å²) in [5, 5.41) is 2.16. The Balaban J connectivity index is 1.98. The summed E-state index contributed by atoms with van der Waals surface area (Å²) in [6.45, 7) is 3.19. The largest absolute Gasteiger partial charge is 0.378 e. The first kappa shape index (κ1) is 17.6. The zero-order valence-electron chi connectivity index (χ0n) is 15.4. The van der Waals surface area contributed by atoms with E-state index in [1.165, 1.54) is 27.4 Å². The third-order valence-electron chi connectivity index (χ3n) is 4.71. The molecule has 0 saturated heterocycles. The van der Waals surface area contributed by atoms with Gasteiger partial charge in [-0.2, -0.15) is 0 Å². The normalized spacial score (nSPS) is 12.0. The van der Waals surface area contributed by atoms with Crippen LogP contribution >= 0.6 is 11.3 Å². The lowest BCUT2D eigenvalue weighted by molar-refractivity contribution is 0.960. The van der Waals surface area contributed by atoms with E-state index >= 15 is 0 Å². The molecule has 0 aliphatic carbocycles. The zero-order valence-corrected chi connectivity index (χ0v) is 16.3. The molecule has 25 heavy (non-hydrogen) atoms. The molecule has 0 N–H and O–H groups in total. The highest BCUT2D eigenvalue weighted by Crippen LogP contribution is 2.36. The van der Waals surface area contributed by atoms with Crippen molar-refractivity contribution in [3.05, 3.63) is 82.0 Å². The second kappa shape index (κ2) is 7.75. The summed E-state index contributed by atoms with van der Waals surface area (Å²) >= 11 is 1.83. The summed E-state index contributed by atoms with van der Waals surface area (Å²) in [6.07, 6.45) is 0. The summed E-state index contributed by atoms with van der Waals surface area (Å²) < 4.78 is 0. The van der Waals surface area contributed by atoms with Crippen molar-refractivity contribution in [2.24, 2.45) is 0 Å². The number of nitrogens with zero attached hydrogens (tertiary/aromatic N) is 2. The van der Waals surface area contributed by atoms with Crippen LogP contribution in [0.2, 0.25) is 0 Å². The fraction of sp³-hybridized carbons (Fsp3) is 0.273. The first-order valence-electron chi connectivity index (χ1n) is 8.72. The molecule has 2 aromatic carbocycles. The molecule has 2 nitrogen and oxygen atoms in total. The van der Waals surface area contributed by atoms with Crippen LogP contribution < -0.4 is 9.80 Å². The molecule has 0 bridgehead atoms. The highest BCUT2D eigenvalue weighted by atomic mass is 32.1. The lowest BCUT2D eigenvalue weighted by Crippen LogP contribution is -2.15. The van der Waals surface area contributed by atoms with Crippen molar-refractivity contribution in [1.29, 1.82) is 0 Å². The van der Waals surface area contributed by atoms with Crippen LogP contribution in [0.3, 0.4) is 0 Å². The third kappa shape index (κ3) is 3.88. The standard InChI is InChI=1S/C22H26N2S/c1-5-24(4)20-14-10-18(11-15-20)22(21-7-6-16-25-21)17-8-12-19(13-9-17)23(2)3/h6-16,22H,5H2,1-4H3. The van der Waals surface area contributed by atoms with Gasteiger partial charge in [0.25, 0.3) is 0 Å². The van der Waals surface area contributed by atoms with Gasteiger partial charge in [0, 0.05) is 49.9 Å². The van der Waals surface area contributed by atoms with Crippen molar-refractivity contribution >= 4 is 22.7 Å². The maximum atomic E-state index is 2.27. The van der Waals surface area contributed by atoms with Gasteiger partial charge < -0.3 is 9.80 Å². The summed E-state index contributed by atoms with van der Waals surface area (Å²) in [5.41, 5.74) is 5.17. The molecule has 0 saturated carbocycles. The van der Waals surface area contributed by atoms with E-state index in [4.69, 9.17) is 0 Å². The minimum Gasteiger partial charge on any atom is -0.378 e. The van der Waals surface area contributed by atoms with Crippen molar-refractivity contribution in [1.82, 2.24) is 0 Å². The van der Waals surface area contributed by atoms with E-state index < -0.39 is 0 Å². The van der Waals surface area contributed by atoms with E-state index in [-0.39, 0.29) is 5.92 Å². The Morgan fingerprint density at radius 1 is 0.800 bits per heavy atom. The average molecular weight is 351 g/mol. The molecule has 0 aliphatic rings. The van der Waals surface area contributed by atoms with E-state index in [0.717, 1.165) is 6.54 Å². The molecule has 1 atom stereocenters. The van der Waals surface area contributed by atoms with Crippen LogP contribution in [0.1, 0.15) is 28.8 Å². The highest BCUT2D eigenvalue weighted by Gasteiger charge is 2.18. The molecule has 3 rings (SSSR count). The number of hydrogen-bond donors (Lipinski definition) is 0. The van der Waals surface area contributed by atoms with E-state index in [9.17, 15) is 0 Å². The smallest absolute Gasteiger partial charge is 0.0433 e. The number of thiophene rings is 1. The van der Waals surface area contributed by atoms with Crippen LogP contribution in [-0.4, -0.2) is 27.7 Å². The summed E-state index contributed by atoms with van der Waals surface area (Å²) in [5.74, 6) is 0.289. The summed E-state index contributed by atoms with van der Waals surface area (Å²) in [7, 11) is 6.29. The average Bonchev–Trinajstić information content (AvgIpc) is 3.16. The van der Waals surface area contributed by atoms with Crippen LogP contribution in [0.25, 0.3) is 0 Å². The molecular formula is C22H26N2S. The monoisotopic (exact) mass is 350 g/mol. The summed E-state index contributed by atoms with van der Waals surface area (Å²) in [4.78, 5) is 5.78. The topological polar surface area (TPSA) is 6.48 Å². The Morgan fingerprint density at radius 3 is 1.80 bits per heavy atom. The minimum absolute atomic E-state index is 0.289. The molecule has 0 spiro atoms. The lowest BCUT2D eigenvalue weighted by atomic mass is 9.89. The lowest BCUT2D eigenvalue weighted by Gasteiger charge is -2.21. The second-order valence-electron chi connectivity index (χ2n) is 6.54. The molecular weight excluding hydrogens is 324 g/mol. The van der Waals surface area contributed by atoms with Gasteiger partial charge in [0.1, 0.15) is 0 Å². The van der Waals surface area contributed by atoms with Crippen LogP contribution in [-0.2, 0) is 0 Å². The fourth-order valence-electron chi connectivity index (χ4n) is 3.05. The highest BCUT2D eigenvalue weighted by molar-refractivity contribution is 7.10. The Morgan fingerprint density at radius 2 is 1.36 bits per heavy atom. The Bertz CT molecular complexity index is 774. The summed E-state index contributed by atoms with van der Waals surface area (Å²) in [6, 6.07) is 22.3. The van der Waals surface area contributed by atoms with Gasteiger partial charge in [-0.25, -0.2) is 0 Å². The van der Waals surface area contributed by atoms with Crippen molar-refractivity contribution < 1.29 is 0 Å². The van der Waals surface area contributed by atoms with Crippen LogP contribution in [0.5, 0.6) is 0 Å². The molecule has 1 aromatic heterocycles. The number of benzene rings is 2. The molecule has 3 aromatic rings.